The van der Waals surface area contributed by atoms with Gasteiger partial charge < -0.3 is 19.3 Å². The van der Waals surface area contributed by atoms with E-state index in [9.17, 15) is 14.4 Å². The number of aromatic nitrogens is 1. The molecule has 3 heterocycles. The van der Waals surface area contributed by atoms with Crippen LogP contribution in [0.4, 0.5) is 0 Å². The minimum atomic E-state index is -0.775. The number of benzene rings is 3. The summed E-state index contributed by atoms with van der Waals surface area (Å²) >= 11 is 0. The topological polar surface area (TPSA) is 101 Å². The van der Waals surface area contributed by atoms with Gasteiger partial charge in [0.05, 0.1) is 29.9 Å². The lowest BCUT2D eigenvalue weighted by Crippen LogP contribution is -2.39. The van der Waals surface area contributed by atoms with Crippen molar-refractivity contribution in [3.05, 3.63) is 100 Å². The van der Waals surface area contributed by atoms with Gasteiger partial charge in [-0.1, -0.05) is 29.3 Å². The summed E-state index contributed by atoms with van der Waals surface area (Å²) in [5, 5.41) is 1.68. The average Bonchev–Trinajstić information content (AvgIpc) is 3.60. The number of amides is 2. The van der Waals surface area contributed by atoms with Crippen molar-refractivity contribution < 1.29 is 28.7 Å². The zero-order valence-corrected chi connectivity index (χ0v) is 23.9. The molecule has 2 aliphatic heterocycles. The summed E-state index contributed by atoms with van der Waals surface area (Å²) in [6.07, 6.45) is 3.80. The number of H-pyrrole nitrogens is 1. The minimum absolute atomic E-state index is 0.0385. The zero-order chi connectivity index (χ0) is 29.4. The van der Waals surface area contributed by atoms with E-state index in [1.807, 2.05) is 25.3 Å². The summed E-state index contributed by atoms with van der Waals surface area (Å²) in [5.41, 5.74) is 5.07. The van der Waals surface area contributed by atoms with E-state index in [4.69, 9.17) is 14.3 Å². The number of ether oxygens (including phenoxy) is 2. The van der Waals surface area contributed by atoms with E-state index in [2.05, 4.69) is 28.9 Å². The Bertz CT molecular complexity index is 1630. The highest BCUT2D eigenvalue weighted by atomic mass is 16.7. The molecule has 6 rings (SSSR count). The largest absolute Gasteiger partial charge is 0.496 e. The van der Waals surface area contributed by atoms with Gasteiger partial charge in [-0.25, -0.2) is 4.79 Å². The van der Waals surface area contributed by atoms with Gasteiger partial charge in [0, 0.05) is 48.4 Å². The van der Waals surface area contributed by atoms with Gasteiger partial charge in [0.1, 0.15) is 5.75 Å². The Hall–Kier alpha value is -4.47. The number of rotatable bonds is 8. The second kappa shape index (κ2) is 11.4. The highest BCUT2D eigenvalue weighted by molar-refractivity contribution is 6.21. The van der Waals surface area contributed by atoms with Crippen molar-refractivity contribution in [2.24, 2.45) is 0 Å². The molecule has 216 valence electrons. The van der Waals surface area contributed by atoms with Crippen molar-refractivity contribution in [1.29, 1.82) is 0 Å². The van der Waals surface area contributed by atoms with E-state index in [1.54, 1.807) is 31.4 Å². The third kappa shape index (κ3) is 4.95. The van der Waals surface area contributed by atoms with Crippen LogP contribution in [-0.4, -0.2) is 59.1 Å². The average molecular weight is 568 g/mol. The SMILES string of the molecule is CCOC1CCN(Cc2c(OC)cc(C)c3[nH]ccc23)C(c2ccc(C(=O)ON3C(=O)c4ccccc4C3=O)cc2)C1. The lowest BCUT2D eigenvalue weighted by Gasteiger charge is -2.40. The first-order valence-corrected chi connectivity index (χ1v) is 14.2. The zero-order valence-electron chi connectivity index (χ0n) is 23.9. The molecule has 2 amide bonds. The number of fused-ring (bicyclic) bond motifs is 2. The molecule has 0 spiro atoms. The lowest BCUT2D eigenvalue weighted by molar-refractivity contribution is -0.0584. The molecule has 0 aliphatic carbocycles. The van der Waals surface area contributed by atoms with Crippen molar-refractivity contribution in [2.75, 3.05) is 20.3 Å². The van der Waals surface area contributed by atoms with Crippen LogP contribution in [-0.2, 0) is 16.1 Å². The summed E-state index contributed by atoms with van der Waals surface area (Å²) in [7, 11) is 1.70. The van der Waals surface area contributed by atoms with Crippen LogP contribution in [0.2, 0.25) is 0 Å². The third-order valence-electron chi connectivity index (χ3n) is 8.22. The first kappa shape index (κ1) is 27.7. The van der Waals surface area contributed by atoms with Crippen LogP contribution in [0.5, 0.6) is 5.75 Å². The first-order chi connectivity index (χ1) is 20.4. The molecule has 3 aromatic carbocycles. The Morgan fingerprint density at radius 3 is 2.40 bits per heavy atom. The molecule has 9 heteroatoms. The number of carbonyl (C=O) groups excluding carboxylic acids is 3. The van der Waals surface area contributed by atoms with Gasteiger partial charge in [0.25, 0.3) is 11.8 Å². The fraction of sp³-hybridized carbons (Fsp3) is 0.303. The Labute approximate surface area is 243 Å². The van der Waals surface area contributed by atoms with Crippen LogP contribution >= 0.6 is 0 Å². The van der Waals surface area contributed by atoms with E-state index in [0.29, 0.717) is 18.2 Å². The van der Waals surface area contributed by atoms with Crippen LogP contribution in [0.25, 0.3) is 10.9 Å². The van der Waals surface area contributed by atoms with E-state index >= 15 is 0 Å². The summed E-state index contributed by atoms with van der Waals surface area (Å²) in [6, 6.07) is 17.8. The minimum Gasteiger partial charge on any atom is -0.496 e. The van der Waals surface area contributed by atoms with Crippen LogP contribution in [0, 0.1) is 6.92 Å². The molecule has 0 bridgehead atoms. The second-order valence-corrected chi connectivity index (χ2v) is 10.7. The van der Waals surface area contributed by atoms with Crippen molar-refractivity contribution in [1.82, 2.24) is 14.9 Å². The molecule has 2 aliphatic rings. The molecule has 0 saturated carbocycles. The fourth-order valence-electron chi connectivity index (χ4n) is 6.12. The summed E-state index contributed by atoms with van der Waals surface area (Å²) in [5.74, 6) is -1.22. The molecule has 4 aromatic rings. The number of hydrogen-bond acceptors (Lipinski definition) is 7. The van der Waals surface area contributed by atoms with Gasteiger partial charge >= 0.3 is 5.97 Å². The molecule has 0 radical (unpaired) electrons. The molecular weight excluding hydrogens is 534 g/mol. The molecule has 1 fully saturated rings. The van der Waals surface area contributed by atoms with Gasteiger partial charge in [-0.2, -0.15) is 0 Å². The van der Waals surface area contributed by atoms with Gasteiger partial charge in [-0.15, -0.1) is 0 Å². The second-order valence-electron chi connectivity index (χ2n) is 10.7. The Balaban J connectivity index is 1.24. The molecule has 1 aromatic heterocycles. The Morgan fingerprint density at radius 2 is 1.74 bits per heavy atom. The van der Waals surface area contributed by atoms with E-state index in [1.165, 1.54) is 12.1 Å². The summed E-state index contributed by atoms with van der Waals surface area (Å²) in [6.45, 7) is 6.25. The molecular formula is C33H33N3O6. The number of likely N-dealkylation sites (tertiary alicyclic amines) is 1. The highest BCUT2D eigenvalue weighted by Gasteiger charge is 2.39. The van der Waals surface area contributed by atoms with Crippen molar-refractivity contribution >= 4 is 28.7 Å². The number of aryl methyl sites for hydroxylation is 1. The molecule has 2 atom stereocenters. The van der Waals surface area contributed by atoms with Crippen molar-refractivity contribution in [3.63, 3.8) is 0 Å². The number of nitrogens with one attached hydrogen (secondary N) is 1. The predicted octanol–water partition coefficient (Wildman–Crippen LogP) is 5.60. The quantitative estimate of drug-likeness (QED) is 0.277. The molecule has 1 N–H and O–H groups in total. The Kier molecular flexibility index (Phi) is 7.53. The van der Waals surface area contributed by atoms with Gasteiger partial charge in [0.15, 0.2) is 0 Å². The maximum absolute atomic E-state index is 13.0. The normalized spacial score (nSPS) is 18.9. The number of hydroxylamine groups is 2. The van der Waals surface area contributed by atoms with Gasteiger partial charge in [-0.3, -0.25) is 14.5 Å². The standard InChI is InChI=1S/C33H33N3O6/c1-4-41-23-14-16-35(19-27-24-13-15-34-30(24)20(2)17-29(27)40-3)28(18-23)21-9-11-22(12-10-21)33(39)42-36-31(37)25-7-5-6-8-26(25)32(36)38/h5-13,15,17,23,28,34H,4,14,16,18-19H2,1-3H3. The lowest BCUT2D eigenvalue weighted by atomic mass is 9.91. The van der Waals surface area contributed by atoms with Crippen molar-refractivity contribution in [3.8, 4) is 5.75 Å². The van der Waals surface area contributed by atoms with Crippen molar-refractivity contribution in [2.45, 2.75) is 45.4 Å². The molecule has 2 unspecified atom stereocenters. The van der Waals surface area contributed by atoms with Crippen LogP contribution in [0.15, 0.2) is 66.9 Å². The fourth-order valence-corrected chi connectivity index (χ4v) is 6.12. The summed E-state index contributed by atoms with van der Waals surface area (Å²) < 4.78 is 11.8. The van der Waals surface area contributed by atoms with Crippen LogP contribution < -0.4 is 4.74 Å². The number of aromatic amines is 1. The number of hydrogen-bond donors (Lipinski definition) is 1. The van der Waals surface area contributed by atoms with E-state index in [0.717, 1.165) is 52.7 Å². The van der Waals surface area contributed by atoms with E-state index < -0.39 is 17.8 Å². The smallest absolute Gasteiger partial charge is 0.363 e. The number of imide groups is 1. The predicted molar refractivity (Wildman–Crippen MR) is 156 cm³/mol. The van der Waals surface area contributed by atoms with Gasteiger partial charge in [0.2, 0.25) is 0 Å². The Morgan fingerprint density at radius 1 is 1.02 bits per heavy atom. The van der Waals surface area contributed by atoms with Crippen LogP contribution in [0.1, 0.15) is 73.6 Å². The molecule has 1 saturated heterocycles. The van der Waals surface area contributed by atoms with E-state index in [-0.39, 0.29) is 28.8 Å². The third-order valence-corrected chi connectivity index (χ3v) is 8.22. The maximum Gasteiger partial charge on any atom is 0.363 e. The van der Waals surface area contributed by atoms with Gasteiger partial charge in [-0.05, 0) is 74.2 Å². The number of piperidine rings is 1. The highest BCUT2D eigenvalue weighted by Crippen LogP contribution is 2.38. The molecule has 42 heavy (non-hydrogen) atoms. The molecule has 9 nitrogen and oxygen atoms in total. The number of carbonyl (C=O) groups is 3. The van der Waals surface area contributed by atoms with Crippen LogP contribution in [0.3, 0.4) is 0 Å². The maximum atomic E-state index is 13.0. The monoisotopic (exact) mass is 567 g/mol. The first-order valence-electron chi connectivity index (χ1n) is 14.2. The summed E-state index contributed by atoms with van der Waals surface area (Å²) in [4.78, 5) is 49.3. The number of nitrogens with zero attached hydrogens (tertiary/aromatic N) is 2. The number of methoxy groups -OCH3 is 1.